The van der Waals surface area contributed by atoms with E-state index in [0.29, 0.717) is 11.3 Å². The van der Waals surface area contributed by atoms with Crippen molar-refractivity contribution < 1.29 is 9.53 Å². The number of benzene rings is 3. The third-order valence-electron chi connectivity index (χ3n) is 3.30. The first-order valence-electron chi connectivity index (χ1n) is 6.69. The van der Waals surface area contributed by atoms with Gasteiger partial charge in [-0.05, 0) is 28.5 Å². The average Bonchev–Trinajstić information content (AvgIpc) is 2.55. The zero-order valence-corrected chi connectivity index (χ0v) is 11.5. The van der Waals surface area contributed by atoms with E-state index < -0.39 is 5.97 Å². The van der Waals surface area contributed by atoms with Crippen LogP contribution in [0.4, 0.5) is 0 Å². The van der Waals surface area contributed by atoms with E-state index in [1.165, 1.54) is 0 Å². The van der Waals surface area contributed by atoms with Crippen molar-refractivity contribution >= 4 is 22.3 Å². The molecule has 2 heteroatoms. The minimum absolute atomic E-state index is 0.351. The number of hydrogen-bond acceptors (Lipinski definition) is 2. The van der Waals surface area contributed by atoms with Crippen molar-refractivity contribution in [2.45, 2.75) is 0 Å². The number of hydrogen-bond donors (Lipinski definition) is 0. The summed E-state index contributed by atoms with van der Waals surface area (Å²) < 4.78 is 5.40. The summed E-state index contributed by atoms with van der Waals surface area (Å²) in [7, 11) is 0. The third-order valence-corrected chi connectivity index (χ3v) is 3.30. The second kappa shape index (κ2) is 5.63. The van der Waals surface area contributed by atoms with E-state index in [9.17, 15) is 4.79 Å². The van der Waals surface area contributed by atoms with Crippen LogP contribution in [0.25, 0.3) is 16.3 Å². The Kier molecular flexibility index (Phi) is 3.52. The Bertz CT molecular complexity index is 804. The zero-order chi connectivity index (χ0) is 14.7. The van der Waals surface area contributed by atoms with Gasteiger partial charge in [-0.15, -0.1) is 0 Å². The maximum absolute atomic E-state index is 12.1. The highest BCUT2D eigenvalue weighted by Gasteiger charge is 2.11. The van der Waals surface area contributed by atoms with Gasteiger partial charge in [0.2, 0.25) is 0 Å². The monoisotopic (exact) mass is 274 g/mol. The molecular formula is C19H14O2. The number of carbonyl (C=O) groups is 1. The first-order chi connectivity index (χ1) is 10.2. The van der Waals surface area contributed by atoms with Crippen LogP contribution in [0, 0.1) is 0 Å². The molecule has 2 nitrogen and oxygen atoms in total. The Morgan fingerprint density at radius 3 is 2.24 bits per heavy atom. The molecular weight excluding hydrogens is 260 g/mol. The van der Waals surface area contributed by atoms with Crippen molar-refractivity contribution in [3.05, 3.63) is 84.9 Å². The van der Waals surface area contributed by atoms with Crippen molar-refractivity contribution in [1.82, 2.24) is 0 Å². The molecule has 0 saturated carbocycles. The Labute approximate surface area is 123 Å². The van der Waals surface area contributed by atoms with E-state index in [2.05, 4.69) is 6.58 Å². The summed E-state index contributed by atoms with van der Waals surface area (Å²) in [6.07, 6.45) is 0. The molecule has 21 heavy (non-hydrogen) atoms. The molecule has 0 spiro atoms. The van der Waals surface area contributed by atoms with Crippen LogP contribution < -0.4 is 4.74 Å². The molecule has 0 aliphatic rings. The standard InChI is InChI=1S/C19H14O2/c1-14(15-7-3-2-4-8-15)19(20)21-18-12-11-16-9-5-6-10-17(16)13-18/h2-13H,1H2. The molecule has 0 aromatic heterocycles. The van der Waals surface area contributed by atoms with Crippen molar-refractivity contribution in [2.24, 2.45) is 0 Å². The van der Waals surface area contributed by atoms with Crippen molar-refractivity contribution in [3.63, 3.8) is 0 Å². The summed E-state index contributed by atoms with van der Waals surface area (Å²) >= 11 is 0. The lowest BCUT2D eigenvalue weighted by Crippen LogP contribution is -2.09. The smallest absolute Gasteiger partial charge is 0.343 e. The minimum Gasteiger partial charge on any atom is -0.423 e. The van der Waals surface area contributed by atoms with Crippen LogP contribution in [0.1, 0.15) is 5.56 Å². The molecule has 0 aliphatic heterocycles. The van der Waals surface area contributed by atoms with Gasteiger partial charge in [-0.3, -0.25) is 0 Å². The highest BCUT2D eigenvalue weighted by Crippen LogP contribution is 2.22. The van der Waals surface area contributed by atoms with Gasteiger partial charge in [0.1, 0.15) is 5.75 Å². The second-order valence-electron chi connectivity index (χ2n) is 4.74. The molecule has 0 bridgehead atoms. The highest BCUT2D eigenvalue weighted by molar-refractivity contribution is 6.16. The maximum atomic E-state index is 12.1. The maximum Gasteiger partial charge on any atom is 0.343 e. The van der Waals surface area contributed by atoms with E-state index in [4.69, 9.17) is 4.74 Å². The van der Waals surface area contributed by atoms with Crippen molar-refractivity contribution in [1.29, 1.82) is 0 Å². The molecule has 0 radical (unpaired) electrons. The van der Waals surface area contributed by atoms with Crippen LogP contribution in [0.3, 0.4) is 0 Å². The van der Waals surface area contributed by atoms with Crippen LogP contribution in [-0.2, 0) is 4.79 Å². The molecule has 0 atom stereocenters. The zero-order valence-electron chi connectivity index (χ0n) is 11.5. The largest absolute Gasteiger partial charge is 0.423 e. The van der Waals surface area contributed by atoms with Crippen LogP contribution in [0.15, 0.2) is 79.4 Å². The Hall–Kier alpha value is -2.87. The SMILES string of the molecule is C=C(C(=O)Oc1ccc2ccccc2c1)c1ccccc1. The Balaban J connectivity index is 1.81. The topological polar surface area (TPSA) is 26.3 Å². The Morgan fingerprint density at radius 2 is 1.48 bits per heavy atom. The average molecular weight is 274 g/mol. The molecule has 0 saturated heterocycles. The van der Waals surface area contributed by atoms with E-state index in [1.54, 1.807) is 6.07 Å². The van der Waals surface area contributed by atoms with Gasteiger partial charge in [-0.25, -0.2) is 4.79 Å². The first-order valence-corrected chi connectivity index (χ1v) is 6.69. The number of rotatable bonds is 3. The number of esters is 1. The van der Waals surface area contributed by atoms with Gasteiger partial charge in [0, 0.05) is 0 Å². The van der Waals surface area contributed by atoms with Crippen molar-refractivity contribution in [2.75, 3.05) is 0 Å². The van der Waals surface area contributed by atoms with Gasteiger partial charge < -0.3 is 4.74 Å². The lowest BCUT2D eigenvalue weighted by molar-refractivity contribution is -0.127. The summed E-state index contributed by atoms with van der Waals surface area (Å²) in [5, 5.41) is 2.15. The second-order valence-corrected chi connectivity index (χ2v) is 4.74. The summed E-state index contributed by atoms with van der Waals surface area (Å²) in [6, 6.07) is 22.8. The van der Waals surface area contributed by atoms with Gasteiger partial charge >= 0.3 is 5.97 Å². The minimum atomic E-state index is -0.434. The van der Waals surface area contributed by atoms with E-state index in [1.807, 2.05) is 66.7 Å². The molecule has 3 aromatic carbocycles. The fourth-order valence-corrected chi connectivity index (χ4v) is 2.16. The molecule has 102 valence electrons. The molecule has 0 fully saturated rings. The normalized spacial score (nSPS) is 10.3. The highest BCUT2D eigenvalue weighted by atomic mass is 16.5. The molecule has 3 aromatic rings. The number of fused-ring (bicyclic) bond motifs is 1. The first kappa shape index (κ1) is 13.1. The lowest BCUT2D eigenvalue weighted by atomic mass is 10.1. The third kappa shape index (κ3) is 2.84. The molecule has 3 rings (SSSR count). The Morgan fingerprint density at radius 1 is 0.810 bits per heavy atom. The number of ether oxygens (including phenoxy) is 1. The van der Waals surface area contributed by atoms with Crippen LogP contribution in [0.2, 0.25) is 0 Å². The summed E-state index contributed by atoms with van der Waals surface area (Å²) in [5.74, 6) is 0.0901. The summed E-state index contributed by atoms with van der Waals surface area (Å²) in [5.41, 5.74) is 1.12. The van der Waals surface area contributed by atoms with Gasteiger partial charge in [0.25, 0.3) is 0 Å². The summed E-state index contributed by atoms with van der Waals surface area (Å²) in [6.45, 7) is 3.81. The van der Waals surface area contributed by atoms with Crippen LogP contribution >= 0.6 is 0 Å². The van der Waals surface area contributed by atoms with Crippen LogP contribution in [-0.4, -0.2) is 5.97 Å². The lowest BCUT2D eigenvalue weighted by Gasteiger charge is -2.07. The number of carbonyl (C=O) groups excluding carboxylic acids is 1. The van der Waals surface area contributed by atoms with Gasteiger partial charge in [-0.2, -0.15) is 0 Å². The van der Waals surface area contributed by atoms with E-state index in [0.717, 1.165) is 16.3 Å². The van der Waals surface area contributed by atoms with Crippen molar-refractivity contribution in [3.8, 4) is 5.75 Å². The molecule has 0 heterocycles. The predicted molar refractivity (Wildman–Crippen MR) is 85.1 cm³/mol. The molecule has 0 N–H and O–H groups in total. The van der Waals surface area contributed by atoms with Gasteiger partial charge in [0.05, 0.1) is 5.57 Å². The fraction of sp³-hybridized carbons (Fsp3) is 0. The summed E-state index contributed by atoms with van der Waals surface area (Å²) in [4.78, 5) is 12.1. The van der Waals surface area contributed by atoms with E-state index in [-0.39, 0.29) is 0 Å². The van der Waals surface area contributed by atoms with E-state index >= 15 is 0 Å². The van der Waals surface area contributed by atoms with Gasteiger partial charge in [0.15, 0.2) is 0 Å². The molecule has 0 aliphatic carbocycles. The quantitative estimate of drug-likeness (QED) is 0.400. The van der Waals surface area contributed by atoms with Crippen LogP contribution in [0.5, 0.6) is 5.75 Å². The molecule has 0 unspecified atom stereocenters. The molecule has 0 amide bonds. The predicted octanol–water partition coefficient (Wildman–Crippen LogP) is 4.46. The van der Waals surface area contributed by atoms with Gasteiger partial charge in [-0.1, -0.05) is 67.2 Å². The fourth-order valence-electron chi connectivity index (χ4n) is 2.16.